The van der Waals surface area contributed by atoms with Crippen molar-refractivity contribution in [1.29, 1.82) is 0 Å². The van der Waals surface area contributed by atoms with Crippen LogP contribution >= 0.6 is 39.7 Å². The molecule has 1 N–H and O–H groups in total. The lowest BCUT2D eigenvalue weighted by Crippen LogP contribution is -2.47. The molecule has 1 aromatic rings. The molecular weight excluding hydrogens is 362 g/mol. The summed E-state index contributed by atoms with van der Waals surface area (Å²) in [6.07, 6.45) is 0.613. The normalized spacial score (nSPS) is 15.2. The standard InChI is InChI=1S/C13H20BrN3OS.ClH/c1-16(9-11-8-12(14)19-10-11)5-2-13(18)17-6-3-15-4-7-17;/h8,10,15H,2-7,9H2,1H3;1H. The molecule has 0 unspecified atom stereocenters. The summed E-state index contributed by atoms with van der Waals surface area (Å²) in [6.45, 7) is 5.25. The minimum absolute atomic E-state index is 0. The highest BCUT2D eigenvalue weighted by Crippen LogP contribution is 2.21. The lowest BCUT2D eigenvalue weighted by atomic mass is 10.2. The number of halogens is 2. The fourth-order valence-corrected chi connectivity index (χ4v) is 3.38. The van der Waals surface area contributed by atoms with Crippen molar-refractivity contribution in [2.75, 3.05) is 39.8 Å². The number of rotatable bonds is 5. The second kappa shape index (κ2) is 9.00. The van der Waals surface area contributed by atoms with E-state index in [4.69, 9.17) is 0 Å². The van der Waals surface area contributed by atoms with Crippen molar-refractivity contribution in [3.63, 3.8) is 0 Å². The number of carbonyl (C=O) groups excluding carboxylic acids is 1. The highest BCUT2D eigenvalue weighted by molar-refractivity contribution is 9.11. The summed E-state index contributed by atoms with van der Waals surface area (Å²) >= 11 is 5.17. The van der Waals surface area contributed by atoms with Crippen molar-refractivity contribution < 1.29 is 4.79 Å². The molecule has 1 aromatic heterocycles. The summed E-state index contributed by atoms with van der Waals surface area (Å²) in [7, 11) is 2.07. The maximum Gasteiger partial charge on any atom is 0.223 e. The summed E-state index contributed by atoms with van der Waals surface area (Å²) in [5.41, 5.74) is 1.30. The predicted molar refractivity (Wildman–Crippen MR) is 89.7 cm³/mol. The maximum atomic E-state index is 12.0. The van der Waals surface area contributed by atoms with Crippen LogP contribution in [-0.2, 0) is 11.3 Å². The molecule has 2 heterocycles. The summed E-state index contributed by atoms with van der Waals surface area (Å²) in [5.74, 6) is 0.278. The number of amides is 1. The van der Waals surface area contributed by atoms with Crippen LogP contribution in [0.5, 0.6) is 0 Å². The molecule has 7 heteroatoms. The molecule has 2 rings (SSSR count). The monoisotopic (exact) mass is 381 g/mol. The van der Waals surface area contributed by atoms with E-state index in [-0.39, 0.29) is 18.3 Å². The van der Waals surface area contributed by atoms with Gasteiger partial charge in [-0.1, -0.05) is 0 Å². The Morgan fingerprint density at radius 3 is 2.80 bits per heavy atom. The first-order chi connectivity index (χ1) is 9.15. The van der Waals surface area contributed by atoms with Gasteiger partial charge in [0.15, 0.2) is 0 Å². The van der Waals surface area contributed by atoms with Crippen molar-refractivity contribution in [2.45, 2.75) is 13.0 Å². The number of piperazine rings is 1. The van der Waals surface area contributed by atoms with E-state index >= 15 is 0 Å². The molecule has 0 aromatic carbocycles. The van der Waals surface area contributed by atoms with Crippen LogP contribution in [0.3, 0.4) is 0 Å². The molecule has 114 valence electrons. The molecular formula is C13H21BrClN3OS. The van der Waals surface area contributed by atoms with Crippen LogP contribution in [0.2, 0.25) is 0 Å². The molecule has 1 saturated heterocycles. The average molecular weight is 383 g/mol. The van der Waals surface area contributed by atoms with Gasteiger partial charge in [-0.2, -0.15) is 0 Å². The van der Waals surface area contributed by atoms with Gasteiger partial charge in [0, 0.05) is 45.7 Å². The van der Waals surface area contributed by atoms with Gasteiger partial charge < -0.3 is 15.1 Å². The van der Waals surface area contributed by atoms with E-state index in [0.29, 0.717) is 6.42 Å². The smallest absolute Gasteiger partial charge is 0.223 e. The first-order valence-electron chi connectivity index (χ1n) is 6.55. The Morgan fingerprint density at radius 2 is 2.20 bits per heavy atom. The fourth-order valence-electron chi connectivity index (χ4n) is 2.18. The second-order valence-corrected chi connectivity index (χ2v) is 7.17. The quantitative estimate of drug-likeness (QED) is 0.848. The highest BCUT2D eigenvalue weighted by Gasteiger charge is 2.16. The van der Waals surface area contributed by atoms with E-state index in [1.807, 2.05) is 4.90 Å². The van der Waals surface area contributed by atoms with E-state index < -0.39 is 0 Å². The van der Waals surface area contributed by atoms with Gasteiger partial charge in [0.05, 0.1) is 3.79 Å². The minimum atomic E-state index is 0. The summed E-state index contributed by atoms with van der Waals surface area (Å²) in [5, 5.41) is 5.41. The second-order valence-electron chi connectivity index (χ2n) is 4.88. The Morgan fingerprint density at radius 1 is 1.50 bits per heavy atom. The van der Waals surface area contributed by atoms with Gasteiger partial charge in [-0.05, 0) is 40.0 Å². The van der Waals surface area contributed by atoms with E-state index in [1.165, 1.54) is 5.56 Å². The third-order valence-corrected chi connectivity index (χ3v) is 4.80. The van der Waals surface area contributed by atoms with E-state index in [1.54, 1.807) is 11.3 Å². The zero-order valence-electron chi connectivity index (χ0n) is 11.6. The van der Waals surface area contributed by atoms with Crippen molar-refractivity contribution in [1.82, 2.24) is 15.1 Å². The lowest BCUT2D eigenvalue weighted by Gasteiger charge is -2.28. The molecule has 0 bridgehead atoms. The first kappa shape index (κ1) is 17.9. The molecule has 1 aliphatic rings. The lowest BCUT2D eigenvalue weighted by molar-refractivity contribution is -0.132. The van der Waals surface area contributed by atoms with Crippen molar-refractivity contribution in [2.24, 2.45) is 0 Å². The van der Waals surface area contributed by atoms with Crippen LogP contribution in [0.1, 0.15) is 12.0 Å². The number of hydrogen-bond acceptors (Lipinski definition) is 4. The van der Waals surface area contributed by atoms with E-state index in [9.17, 15) is 4.79 Å². The molecule has 1 amide bonds. The van der Waals surface area contributed by atoms with Crippen LogP contribution in [0.15, 0.2) is 15.2 Å². The molecule has 1 aliphatic heterocycles. The Kier molecular flexibility index (Phi) is 8.06. The minimum Gasteiger partial charge on any atom is -0.340 e. The van der Waals surface area contributed by atoms with Gasteiger partial charge in [-0.15, -0.1) is 23.7 Å². The van der Waals surface area contributed by atoms with Gasteiger partial charge in [0.1, 0.15) is 0 Å². The molecule has 1 fully saturated rings. The van der Waals surface area contributed by atoms with Crippen LogP contribution in [0.25, 0.3) is 0 Å². The maximum absolute atomic E-state index is 12.0. The van der Waals surface area contributed by atoms with E-state index in [2.05, 4.69) is 44.6 Å². The zero-order chi connectivity index (χ0) is 13.7. The Labute approximate surface area is 139 Å². The van der Waals surface area contributed by atoms with E-state index in [0.717, 1.165) is 43.1 Å². The predicted octanol–water partition coefficient (Wildman–Crippen LogP) is 2.19. The van der Waals surface area contributed by atoms with Crippen LogP contribution in [-0.4, -0.2) is 55.5 Å². The molecule has 0 aliphatic carbocycles. The van der Waals surface area contributed by atoms with Crippen LogP contribution in [0.4, 0.5) is 0 Å². The first-order valence-corrected chi connectivity index (χ1v) is 8.22. The van der Waals surface area contributed by atoms with Crippen molar-refractivity contribution in [3.05, 3.63) is 20.8 Å². The average Bonchev–Trinajstić information content (AvgIpc) is 2.82. The Bertz CT molecular complexity index is 424. The van der Waals surface area contributed by atoms with Gasteiger partial charge in [-0.3, -0.25) is 4.79 Å². The number of carbonyl (C=O) groups is 1. The summed E-state index contributed by atoms with van der Waals surface area (Å²) < 4.78 is 1.16. The fraction of sp³-hybridized carbons (Fsp3) is 0.615. The van der Waals surface area contributed by atoms with Gasteiger partial charge in [0.25, 0.3) is 0 Å². The van der Waals surface area contributed by atoms with Gasteiger partial charge >= 0.3 is 0 Å². The largest absolute Gasteiger partial charge is 0.340 e. The van der Waals surface area contributed by atoms with Gasteiger partial charge in [0.2, 0.25) is 5.91 Å². The van der Waals surface area contributed by atoms with Crippen LogP contribution in [0, 0.1) is 0 Å². The van der Waals surface area contributed by atoms with Crippen molar-refractivity contribution >= 4 is 45.6 Å². The molecule has 20 heavy (non-hydrogen) atoms. The molecule has 0 saturated carbocycles. The highest BCUT2D eigenvalue weighted by atomic mass is 79.9. The number of thiophene rings is 1. The molecule has 0 atom stereocenters. The number of nitrogens with zero attached hydrogens (tertiary/aromatic N) is 2. The third kappa shape index (κ3) is 5.69. The number of hydrogen-bond donors (Lipinski definition) is 1. The molecule has 4 nitrogen and oxygen atoms in total. The Balaban J connectivity index is 0.00000200. The SMILES string of the molecule is CN(CCC(=O)N1CCNCC1)Cc1csc(Br)c1.Cl. The van der Waals surface area contributed by atoms with Crippen molar-refractivity contribution in [3.8, 4) is 0 Å². The van der Waals surface area contributed by atoms with Gasteiger partial charge in [-0.25, -0.2) is 0 Å². The number of nitrogens with one attached hydrogen (secondary N) is 1. The third-order valence-electron chi connectivity index (χ3n) is 3.25. The molecule has 0 spiro atoms. The topological polar surface area (TPSA) is 35.6 Å². The zero-order valence-corrected chi connectivity index (χ0v) is 14.8. The molecule has 0 radical (unpaired) electrons. The van der Waals surface area contributed by atoms with Crippen LogP contribution < -0.4 is 5.32 Å². The summed E-state index contributed by atoms with van der Waals surface area (Å²) in [6, 6.07) is 2.14. The Hall–Kier alpha value is -0.140. The summed E-state index contributed by atoms with van der Waals surface area (Å²) in [4.78, 5) is 16.2.